The van der Waals surface area contributed by atoms with Crippen LogP contribution in [0.5, 0.6) is 0 Å². The Kier molecular flexibility index (Phi) is 2.24. The summed E-state index contributed by atoms with van der Waals surface area (Å²) in [6, 6.07) is 0. The molecule has 1 amide bonds. The summed E-state index contributed by atoms with van der Waals surface area (Å²) in [5, 5.41) is 3.30. The van der Waals surface area contributed by atoms with E-state index in [4.69, 9.17) is 12.2 Å². The number of allylic oxidation sites excluding steroid dienone is 1. The van der Waals surface area contributed by atoms with E-state index in [1.54, 1.807) is 7.05 Å². The third-order valence-corrected chi connectivity index (χ3v) is 1.87. The van der Waals surface area contributed by atoms with Crippen LogP contribution in [-0.2, 0) is 4.79 Å². The second-order valence-corrected chi connectivity index (χ2v) is 2.71. The van der Waals surface area contributed by atoms with E-state index in [-0.39, 0.29) is 5.91 Å². The molecule has 0 saturated carbocycles. The molecule has 1 heterocycles. The summed E-state index contributed by atoms with van der Waals surface area (Å²) in [6.07, 6.45) is 2.67. The smallest absolute Gasteiger partial charge is 0.275 e. The van der Waals surface area contributed by atoms with Crippen LogP contribution in [0.4, 0.5) is 0 Å². The lowest BCUT2D eigenvalue weighted by Gasteiger charge is -2.02. The molecule has 11 heavy (non-hydrogen) atoms. The van der Waals surface area contributed by atoms with Crippen LogP contribution in [0.2, 0.25) is 0 Å². The predicted octanol–water partition coefficient (Wildman–Crippen LogP) is 0.627. The van der Waals surface area contributed by atoms with Gasteiger partial charge in [-0.1, -0.05) is 13.0 Å². The summed E-state index contributed by atoms with van der Waals surface area (Å²) in [4.78, 5) is 12.6. The Morgan fingerprint density at radius 2 is 2.36 bits per heavy atom. The van der Waals surface area contributed by atoms with Crippen molar-refractivity contribution in [3.8, 4) is 0 Å². The van der Waals surface area contributed by atoms with Gasteiger partial charge in [-0.15, -0.1) is 0 Å². The van der Waals surface area contributed by atoms with E-state index in [1.165, 1.54) is 4.90 Å². The fourth-order valence-corrected chi connectivity index (χ4v) is 1.06. The standard InChI is InChI=1S/C7H10N2OS/c1-3-4-5-6(10)9(2)7(11)8-5/h4H,3H2,1-2H3,(H,8,11)/b5-4+. The van der Waals surface area contributed by atoms with Gasteiger partial charge in [0.25, 0.3) is 5.91 Å². The number of nitrogens with one attached hydrogen (secondary N) is 1. The highest BCUT2D eigenvalue weighted by molar-refractivity contribution is 7.80. The topological polar surface area (TPSA) is 32.3 Å². The molecule has 1 saturated heterocycles. The Labute approximate surface area is 71.1 Å². The maximum atomic E-state index is 11.2. The Balaban J connectivity index is 2.83. The van der Waals surface area contributed by atoms with Crippen LogP contribution in [0.25, 0.3) is 0 Å². The van der Waals surface area contributed by atoms with Gasteiger partial charge in [-0.2, -0.15) is 0 Å². The van der Waals surface area contributed by atoms with Crippen LogP contribution in [0.3, 0.4) is 0 Å². The number of carbonyl (C=O) groups is 1. The van der Waals surface area contributed by atoms with Gasteiger partial charge in [0.15, 0.2) is 5.11 Å². The Hall–Kier alpha value is -0.900. The minimum atomic E-state index is -0.0446. The Morgan fingerprint density at radius 3 is 2.73 bits per heavy atom. The Bertz CT molecular complexity index is 235. The van der Waals surface area contributed by atoms with Crippen LogP contribution in [0.15, 0.2) is 11.8 Å². The summed E-state index contributed by atoms with van der Waals surface area (Å²) in [5.74, 6) is -0.0446. The monoisotopic (exact) mass is 170 g/mol. The molecule has 1 rings (SSSR count). The van der Waals surface area contributed by atoms with Crippen LogP contribution >= 0.6 is 12.2 Å². The number of rotatable bonds is 1. The molecule has 0 atom stereocenters. The molecule has 0 aromatic rings. The number of likely N-dealkylation sites (N-methyl/N-ethyl adjacent to an activating group) is 1. The van der Waals surface area contributed by atoms with E-state index < -0.39 is 0 Å². The first-order chi connectivity index (χ1) is 5.16. The van der Waals surface area contributed by atoms with Gasteiger partial charge in [-0.25, -0.2) is 0 Å². The summed E-state index contributed by atoms with van der Waals surface area (Å²) in [7, 11) is 1.66. The van der Waals surface area contributed by atoms with E-state index >= 15 is 0 Å². The van der Waals surface area contributed by atoms with Gasteiger partial charge in [0.05, 0.1) is 0 Å². The summed E-state index contributed by atoms with van der Waals surface area (Å²) < 4.78 is 0. The maximum absolute atomic E-state index is 11.2. The molecular weight excluding hydrogens is 160 g/mol. The number of amides is 1. The van der Waals surface area contributed by atoms with Crippen molar-refractivity contribution < 1.29 is 4.79 Å². The van der Waals surface area contributed by atoms with Crippen molar-refractivity contribution in [2.45, 2.75) is 13.3 Å². The van der Waals surface area contributed by atoms with Crippen LogP contribution in [0.1, 0.15) is 13.3 Å². The average molecular weight is 170 g/mol. The summed E-state index contributed by atoms with van der Waals surface area (Å²) >= 11 is 4.86. The van der Waals surface area contributed by atoms with E-state index in [1.807, 2.05) is 13.0 Å². The third kappa shape index (κ3) is 1.40. The van der Waals surface area contributed by atoms with E-state index in [2.05, 4.69) is 5.32 Å². The van der Waals surface area contributed by atoms with Crippen LogP contribution in [-0.4, -0.2) is 23.0 Å². The van der Waals surface area contributed by atoms with Gasteiger partial charge in [0.1, 0.15) is 5.70 Å². The predicted molar refractivity (Wildman–Crippen MR) is 46.9 cm³/mol. The van der Waals surface area contributed by atoms with E-state index in [0.717, 1.165) is 6.42 Å². The van der Waals surface area contributed by atoms with Gasteiger partial charge in [0, 0.05) is 7.05 Å². The highest BCUT2D eigenvalue weighted by Crippen LogP contribution is 2.07. The normalized spacial score (nSPS) is 21.3. The minimum Gasteiger partial charge on any atom is -0.328 e. The molecule has 0 unspecified atom stereocenters. The molecule has 60 valence electrons. The van der Waals surface area contributed by atoms with Crippen molar-refractivity contribution >= 4 is 23.2 Å². The molecular formula is C7H10N2OS. The van der Waals surface area contributed by atoms with Gasteiger partial charge in [-0.05, 0) is 18.6 Å². The molecule has 0 bridgehead atoms. The molecule has 1 fully saturated rings. The molecule has 0 aromatic heterocycles. The van der Waals surface area contributed by atoms with Crippen molar-refractivity contribution in [3.63, 3.8) is 0 Å². The zero-order valence-corrected chi connectivity index (χ0v) is 7.36. The number of nitrogens with zero attached hydrogens (tertiary/aromatic N) is 1. The molecule has 4 heteroatoms. The largest absolute Gasteiger partial charge is 0.328 e. The highest BCUT2D eigenvalue weighted by atomic mass is 32.1. The average Bonchev–Trinajstić information content (AvgIpc) is 2.19. The lowest BCUT2D eigenvalue weighted by Crippen LogP contribution is -2.25. The van der Waals surface area contributed by atoms with Gasteiger partial charge in [0.2, 0.25) is 0 Å². The SMILES string of the molecule is CC/C=C1/NC(=S)N(C)C1=O. The number of thiocarbonyl (C=S) groups is 1. The lowest BCUT2D eigenvalue weighted by atomic mass is 10.3. The molecule has 1 aliphatic heterocycles. The first-order valence-electron chi connectivity index (χ1n) is 3.46. The first-order valence-corrected chi connectivity index (χ1v) is 3.86. The lowest BCUT2D eigenvalue weighted by molar-refractivity contribution is -0.121. The summed E-state index contributed by atoms with van der Waals surface area (Å²) in [6.45, 7) is 1.98. The minimum absolute atomic E-state index is 0.0446. The quantitative estimate of drug-likeness (QED) is 0.462. The molecule has 0 radical (unpaired) electrons. The van der Waals surface area contributed by atoms with Crippen LogP contribution in [0, 0.1) is 0 Å². The molecule has 3 nitrogen and oxygen atoms in total. The fraction of sp³-hybridized carbons (Fsp3) is 0.429. The third-order valence-electron chi connectivity index (χ3n) is 1.49. The molecule has 1 N–H and O–H groups in total. The maximum Gasteiger partial charge on any atom is 0.275 e. The van der Waals surface area contributed by atoms with E-state index in [9.17, 15) is 4.79 Å². The molecule has 0 spiro atoms. The summed E-state index contributed by atoms with van der Waals surface area (Å²) in [5.41, 5.74) is 0.597. The van der Waals surface area contributed by atoms with Crippen molar-refractivity contribution in [1.29, 1.82) is 0 Å². The van der Waals surface area contributed by atoms with Crippen molar-refractivity contribution in [2.24, 2.45) is 0 Å². The van der Waals surface area contributed by atoms with Crippen molar-refractivity contribution in [3.05, 3.63) is 11.8 Å². The zero-order valence-electron chi connectivity index (χ0n) is 6.55. The van der Waals surface area contributed by atoms with Gasteiger partial charge < -0.3 is 5.32 Å². The molecule has 0 aromatic carbocycles. The van der Waals surface area contributed by atoms with E-state index in [0.29, 0.717) is 10.8 Å². The van der Waals surface area contributed by atoms with Crippen molar-refractivity contribution in [2.75, 3.05) is 7.05 Å². The van der Waals surface area contributed by atoms with Crippen molar-refractivity contribution in [1.82, 2.24) is 10.2 Å². The molecule has 1 aliphatic rings. The van der Waals surface area contributed by atoms with Gasteiger partial charge in [-0.3, -0.25) is 9.69 Å². The number of carbonyl (C=O) groups excluding carboxylic acids is 1. The zero-order chi connectivity index (χ0) is 8.43. The van der Waals surface area contributed by atoms with Crippen LogP contribution < -0.4 is 5.32 Å². The fourth-order valence-electron chi connectivity index (χ4n) is 0.868. The Morgan fingerprint density at radius 1 is 1.73 bits per heavy atom. The number of hydrogen-bond donors (Lipinski definition) is 1. The highest BCUT2D eigenvalue weighted by Gasteiger charge is 2.26. The van der Waals surface area contributed by atoms with Gasteiger partial charge >= 0.3 is 0 Å². The second-order valence-electron chi connectivity index (χ2n) is 2.32. The number of hydrogen-bond acceptors (Lipinski definition) is 2. The molecule has 0 aliphatic carbocycles. The first kappa shape index (κ1) is 8.20. The second kappa shape index (κ2) is 3.00.